The number of hydrogen-bond donors (Lipinski definition) is 0. The monoisotopic (exact) mass is 424 g/mol. The van der Waals surface area contributed by atoms with Crippen LogP contribution in [0.5, 0.6) is 5.75 Å². The first-order chi connectivity index (χ1) is 13.2. The zero-order valence-corrected chi connectivity index (χ0v) is 17.5. The highest BCUT2D eigenvalue weighted by Crippen LogP contribution is 2.40. The van der Waals surface area contributed by atoms with Gasteiger partial charge in [-0.1, -0.05) is 0 Å². The van der Waals surface area contributed by atoms with Crippen molar-refractivity contribution in [3.63, 3.8) is 0 Å². The summed E-state index contributed by atoms with van der Waals surface area (Å²) in [6.45, 7) is 5.27. The molecule has 3 rings (SSSR count). The molecule has 1 atom stereocenters. The number of ether oxygens (including phenoxy) is 2. The highest BCUT2D eigenvalue weighted by molar-refractivity contribution is 7.94. The lowest BCUT2D eigenvalue weighted by atomic mass is 10.2. The zero-order valence-electron chi connectivity index (χ0n) is 15.8. The largest absolute Gasteiger partial charge is 0.479 e. The number of thiophene rings is 1. The Morgan fingerprint density at radius 1 is 1.29 bits per heavy atom. The van der Waals surface area contributed by atoms with E-state index in [-0.39, 0.29) is 22.9 Å². The average molecular weight is 425 g/mol. The van der Waals surface area contributed by atoms with Crippen molar-refractivity contribution in [2.24, 2.45) is 0 Å². The Balaban J connectivity index is 1.99. The molecule has 2 aromatic rings. The number of anilines is 2. The fourth-order valence-electron chi connectivity index (χ4n) is 2.74. The Bertz CT molecular complexity index is 1030. The summed E-state index contributed by atoms with van der Waals surface area (Å²) in [6.07, 6.45) is -0.871. The normalized spacial score (nSPS) is 16.5. The lowest BCUT2D eigenvalue weighted by Gasteiger charge is -2.33. The van der Waals surface area contributed by atoms with Crippen molar-refractivity contribution in [3.8, 4) is 5.75 Å². The molecule has 0 fully saturated rings. The topological polar surface area (TPSA) is 93.2 Å². The van der Waals surface area contributed by atoms with Gasteiger partial charge in [0.15, 0.2) is 6.10 Å². The van der Waals surface area contributed by atoms with E-state index < -0.39 is 28.1 Å². The SMILES string of the molecule is CCOC(=O)[C@@H](C)Oc1ccc2c(c1)N(C)C(=O)N(c1cc(C)cs1)S2(=O)=O. The molecule has 10 heteroatoms. The highest BCUT2D eigenvalue weighted by Gasteiger charge is 2.42. The Morgan fingerprint density at radius 3 is 2.61 bits per heavy atom. The average Bonchev–Trinajstić information content (AvgIpc) is 3.05. The number of sulfonamides is 1. The third kappa shape index (κ3) is 3.45. The Labute approximate surface area is 167 Å². The molecule has 0 unspecified atom stereocenters. The minimum Gasteiger partial charge on any atom is -0.479 e. The summed E-state index contributed by atoms with van der Waals surface area (Å²) in [7, 11) is -2.58. The van der Waals surface area contributed by atoms with Crippen LogP contribution in [0.15, 0.2) is 34.5 Å². The molecule has 28 heavy (non-hydrogen) atoms. The molecule has 0 aliphatic carbocycles. The molecular weight excluding hydrogens is 404 g/mol. The number of hydrogen-bond acceptors (Lipinski definition) is 7. The Hall–Kier alpha value is -2.59. The number of aryl methyl sites for hydroxylation is 1. The van der Waals surface area contributed by atoms with Crippen LogP contribution in [0.1, 0.15) is 19.4 Å². The quantitative estimate of drug-likeness (QED) is 0.685. The first-order valence-electron chi connectivity index (χ1n) is 8.52. The van der Waals surface area contributed by atoms with Gasteiger partial charge in [0.2, 0.25) is 0 Å². The Morgan fingerprint density at radius 2 is 2.00 bits per heavy atom. The van der Waals surface area contributed by atoms with Gasteiger partial charge in [0, 0.05) is 13.1 Å². The maximum absolute atomic E-state index is 13.1. The number of benzene rings is 1. The number of esters is 1. The van der Waals surface area contributed by atoms with Gasteiger partial charge in [0.05, 0.1) is 12.3 Å². The van der Waals surface area contributed by atoms with Gasteiger partial charge >= 0.3 is 12.0 Å². The number of nitrogens with zero attached hydrogens (tertiary/aromatic N) is 2. The molecule has 8 nitrogen and oxygen atoms in total. The fourth-order valence-corrected chi connectivity index (χ4v) is 5.48. The summed E-state index contributed by atoms with van der Waals surface area (Å²) in [5.74, 6) is -0.272. The minimum atomic E-state index is -4.07. The molecule has 0 N–H and O–H groups in total. The van der Waals surface area contributed by atoms with Crippen LogP contribution in [0.2, 0.25) is 0 Å². The van der Waals surface area contributed by atoms with Crippen LogP contribution in [-0.2, 0) is 19.6 Å². The van der Waals surface area contributed by atoms with Crippen LogP contribution in [0.25, 0.3) is 0 Å². The van der Waals surface area contributed by atoms with Crippen LogP contribution in [0, 0.1) is 6.92 Å². The van der Waals surface area contributed by atoms with E-state index in [1.54, 1.807) is 18.4 Å². The van der Waals surface area contributed by atoms with Crippen molar-refractivity contribution < 1.29 is 27.5 Å². The van der Waals surface area contributed by atoms with Gasteiger partial charge in [-0.05, 0) is 49.9 Å². The van der Waals surface area contributed by atoms with E-state index in [1.165, 1.54) is 48.4 Å². The third-order valence-corrected chi connectivity index (χ3v) is 7.00. The zero-order chi connectivity index (χ0) is 20.6. The summed E-state index contributed by atoms with van der Waals surface area (Å²) in [5, 5.41) is 2.11. The molecule has 1 aliphatic rings. The van der Waals surface area contributed by atoms with E-state index in [0.29, 0.717) is 5.00 Å². The molecule has 0 saturated carbocycles. The van der Waals surface area contributed by atoms with E-state index in [2.05, 4.69) is 0 Å². The molecule has 0 spiro atoms. The standard InChI is InChI=1S/C18H20N2O6S2/c1-5-25-17(21)12(3)26-13-6-7-15-14(9-13)19(4)18(22)20(28(15,23)24)16-8-11(2)10-27-16/h6-10,12H,5H2,1-4H3/t12-/m1/s1. The van der Waals surface area contributed by atoms with Crippen LogP contribution < -0.4 is 13.9 Å². The maximum atomic E-state index is 13.1. The second kappa shape index (κ2) is 7.44. The van der Waals surface area contributed by atoms with Gasteiger partial charge < -0.3 is 9.47 Å². The lowest BCUT2D eigenvalue weighted by Crippen LogP contribution is -2.49. The molecule has 2 amide bonds. The molecular formula is C18H20N2O6S2. The predicted octanol–water partition coefficient (Wildman–Crippen LogP) is 3.15. The number of carbonyl (C=O) groups excluding carboxylic acids is 2. The number of rotatable bonds is 5. The molecule has 1 aromatic heterocycles. The predicted molar refractivity (Wildman–Crippen MR) is 106 cm³/mol. The van der Waals surface area contributed by atoms with Crippen LogP contribution >= 0.6 is 11.3 Å². The molecule has 0 bridgehead atoms. The van der Waals surface area contributed by atoms with Gasteiger partial charge in [0.25, 0.3) is 10.0 Å². The van der Waals surface area contributed by atoms with Crippen LogP contribution in [0.4, 0.5) is 15.5 Å². The van der Waals surface area contributed by atoms with Crippen molar-refractivity contribution in [1.29, 1.82) is 0 Å². The van der Waals surface area contributed by atoms with Crippen molar-refractivity contribution in [3.05, 3.63) is 35.2 Å². The van der Waals surface area contributed by atoms with Crippen molar-refractivity contribution in [1.82, 2.24) is 0 Å². The molecule has 1 aliphatic heterocycles. The van der Waals surface area contributed by atoms with E-state index in [4.69, 9.17) is 9.47 Å². The number of amides is 2. The second-order valence-corrected chi connectivity index (χ2v) is 8.86. The van der Waals surface area contributed by atoms with E-state index >= 15 is 0 Å². The summed E-state index contributed by atoms with van der Waals surface area (Å²) < 4.78 is 37.4. The van der Waals surface area contributed by atoms with Crippen molar-refractivity contribution in [2.75, 3.05) is 22.9 Å². The first kappa shape index (κ1) is 20.2. The molecule has 0 radical (unpaired) electrons. The summed E-state index contributed by atoms with van der Waals surface area (Å²) in [5.41, 5.74) is 1.05. The van der Waals surface area contributed by atoms with Gasteiger partial charge in [-0.3, -0.25) is 4.90 Å². The second-order valence-electron chi connectivity index (χ2n) is 6.21. The van der Waals surface area contributed by atoms with Gasteiger partial charge in [-0.15, -0.1) is 11.3 Å². The fraction of sp³-hybridized carbons (Fsp3) is 0.333. The van der Waals surface area contributed by atoms with Crippen molar-refractivity contribution >= 4 is 44.0 Å². The van der Waals surface area contributed by atoms with Crippen molar-refractivity contribution in [2.45, 2.75) is 31.8 Å². The maximum Gasteiger partial charge on any atom is 0.347 e. The number of urea groups is 1. The summed E-state index contributed by atoms with van der Waals surface area (Å²) in [6, 6.07) is 5.21. The molecule has 1 aromatic carbocycles. The van der Waals surface area contributed by atoms with E-state index in [0.717, 1.165) is 9.87 Å². The molecule has 0 saturated heterocycles. The van der Waals surface area contributed by atoms with Gasteiger partial charge in [0.1, 0.15) is 15.6 Å². The number of carbonyl (C=O) groups is 2. The molecule has 150 valence electrons. The number of fused-ring (bicyclic) bond motifs is 1. The lowest BCUT2D eigenvalue weighted by molar-refractivity contribution is -0.150. The van der Waals surface area contributed by atoms with E-state index in [1.807, 2.05) is 6.92 Å². The summed E-state index contributed by atoms with van der Waals surface area (Å²) >= 11 is 1.18. The summed E-state index contributed by atoms with van der Waals surface area (Å²) in [4.78, 5) is 25.8. The van der Waals surface area contributed by atoms with E-state index in [9.17, 15) is 18.0 Å². The highest BCUT2D eigenvalue weighted by atomic mass is 32.2. The smallest absolute Gasteiger partial charge is 0.347 e. The van der Waals surface area contributed by atoms with Gasteiger partial charge in [-0.2, -0.15) is 4.31 Å². The van der Waals surface area contributed by atoms with Crippen LogP contribution in [0.3, 0.4) is 0 Å². The minimum absolute atomic E-state index is 0.0169. The third-order valence-electron chi connectivity index (χ3n) is 4.12. The molecule has 2 heterocycles. The first-order valence-corrected chi connectivity index (χ1v) is 10.8. The Kier molecular flexibility index (Phi) is 5.35. The van der Waals surface area contributed by atoms with Gasteiger partial charge in [-0.25, -0.2) is 18.0 Å². The van der Waals surface area contributed by atoms with Crippen LogP contribution in [-0.4, -0.2) is 40.2 Å².